The molecule has 2 heterocycles. The molecule has 0 radical (unpaired) electrons. The zero-order chi connectivity index (χ0) is 14.9. The van der Waals surface area contributed by atoms with Crippen molar-refractivity contribution in [3.63, 3.8) is 0 Å². The fourth-order valence-electron chi connectivity index (χ4n) is 1.59. The summed E-state index contributed by atoms with van der Waals surface area (Å²) in [6.45, 7) is 4.94. The molecule has 0 spiro atoms. The number of aromatic nitrogens is 1. The van der Waals surface area contributed by atoms with Crippen LogP contribution < -0.4 is 5.32 Å². The van der Waals surface area contributed by atoms with Gasteiger partial charge in [-0.1, -0.05) is 0 Å². The molecule has 0 aliphatic rings. The molecule has 2 N–H and O–H groups in total. The number of furan rings is 1. The van der Waals surface area contributed by atoms with Crippen molar-refractivity contribution in [1.82, 2.24) is 10.3 Å². The first-order valence-corrected chi connectivity index (χ1v) is 6.78. The molecule has 2 aromatic heterocycles. The second-order valence-corrected chi connectivity index (χ2v) is 5.38. The number of carboxylic acid groups (broad SMARTS) is 1. The van der Waals surface area contributed by atoms with E-state index in [2.05, 4.69) is 10.3 Å². The lowest BCUT2D eigenvalue weighted by atomic mass is 10.3. The Morgan fingerprint density at radius 3 is 2.65 bits per heavy atom. The number of thiazole rings is 1. The lowest BCUT2D eigenvalue weighted by Gasteiger charge is -2.07. The number of aryl methyl sites for hydroxylation is 2. The molecule has 7 heteroatoms. The van der Waals surface area contributed by atoms with E-state index in [0.717, 1.165) is 5.76 Å². The van der Waals surface area contributed by atoms with Crippen molar-refractivity contribution in [2.75, 3.05) is 0 Å². The van der Waals surface area contributed by atoms with Crippen molar-refractivity contribution >= 4 is 23.2 Å². The molecular formula is C13H14N2O4S. The minimum Gasteiger partial charge on any atom is -0.480 e. The SMILES string of the molecule is Cc1ccc(-c2nc(C)c(C(=O)N[C@H](C)C(=O)O)s2)o1. The Morgan fingerprint density at radius 2 is 2.10 bits per heavy atom. The van der Waals surface area contributed by atoms with Crippen molar-refractivity contribution in [3.05, 3.63) is 28.5 Å². The summed E-state index contributed by atoms with van der Waals surface area (Å²) in [5, 5.41) is 11.8. The van der Waals surface area contributed by atoms with Gasteiger partial charge in [0.15, 0.2) is 10.8 Å². The number of rotatable bonds is 4. The van der Waals surface area contributed by atoms with Gasteiger partial charge in [-0.05, 0) is 32.9 Å². The number of amides is 1. The van der Waals surface area contributed by atoms with E-state index in [1.54, 1.807) is 13.0 Å². The summed E-state index contributed by atoms with van der Waals surface area (Å²) >= 11 is 1.18. The van der Waals surface area contributed by atoms with Gasteiger partial charge in [0, 0.05) is 0 Å². The molecule has 0 unspecified atom stereocenters. The lowest BCUT2D eigenvalue weighted by molar-refractivity contribution is -0.138. The Hall–Kier alpha value is -2.15. The highest BCUT2D eigenvalue weighted by Crippen LogP contribution is 2.29. The fourth-order valence-corrected chi connectivity index (χ4v) is 2.52. The number of nitrogens with zero attached hydrogens (tertiary/aromatic N) is 1. The Morgan fingerprint density at radius 1 is 1.40 bits per heavy atom. The molecule has 0 aromatic carbocycles. The third kappa shape index (κ3) is 2.88. The van der Waals surface area contributed by atoms with Crippen molar-refractivity contribution in [3.8, 4) is 10.8 Å². The average molecular weight is 294 g/mol. The number of hydrogen-bond acceptors (Lipinski definition) is 5. The Balaban J connectivity index is 2.23. The van der Waals surface area contributed by atoms with E-state index in [1.807, 2.05) is 13.0 Å². The van der Waals surface area contributed by atoms with Crippen LogP contribution in [0.25, 0.3) is 10.8 Å². The van der Waals surface area contributed by atoms with Crippen LogP contribution in [0.3, 0.4) is 0 Å². The summed E-state index contributed by atoms with van der Waals surface area (Å²) in [7, 11) is 0. The van der Waals surface area contributed by atoms with Gasteiger partial charge in [-0.25, -0.2) is 4.98 Å². The van der Waals surface area contributed by atoms with E-state index in [4.69, 9.17) is 9.52 Å². The molecule has 0 aliphatic carbocycles. The predicted molar refractivity (Wildman–Crippen MR) is 73.9 cm³/mol. The zero-order valence-corrected chi connectivity index (χ0v) is 12.1. The van der Waals surface area contributed by atoms with Crippen LogP contribution in [0.2, 0.25) is 0 Å². The fraction of sp³-hybridized carbons (Fsp3) is 0.308. The van der Waals surface area contributed by atoms with Crippen LogP contribution in [0, 0.1) is 13.8 Å². The molecule has 1 amide bonds. The highest BCUT2D eigenvalue weighted by atomic mass is 32.1. The first-order chi connectivity index (χ1) is 9.38. The van der Waals surface area contributed by atoms with Gasteiger partial charge >= 0.3 is 5.97 Å². The van der Waals surface area contributed by atoms with Crippen LogP contribution in [0.1, 0.15) is 28.0 Å². The van der Waals surface area contributed by atoms with E-state index in [9.17, 15) is 9.59 Å². The zero-order valence-electron chi connectivity index (χ0n) is 11.3. The second-order valence-electron chi connectivity index (χ2n) is 4.38. The van der Waals surface area contributed by atoms with Crippen molar-refractivity contribution < 1.29 is 19.1 Å². The van der Waals surface area contributed by atoms with Crippen molar-refractivity contribution in [2.45, 2.75) is 26.8 Å². The first kappa shape index (κ1) is 14.3. The highest BCUT2D eigenvalue weighted by Gasteiger charge is 2.21. The molecule has 0 aliphatic heterocycles. The second kappa shape index (κ2) is 5.46. The van der Waals surface area contributed by atoms with E-state index in [-0.39, 0.29) is 0 Å². The van der Waals surface area contributed by atoms with Crippen LogP contribution in [-0.4, -0.2) is 28.0 Å². The lowest BCUT2D eigenvalue weighted by Crippen LogP contribution is -2.38. The highest BCUT2D eigenvalue weighted by molar-refractivity contribution is 7.17. The van der Waals surface area contributed by atoms with Crippen molar-refractivity contribution in [1.29, 1.82) is 0 Å². The number of carboxylic acids is 1. The van der Waals surface area contributed by atoms with E-state index in [1.165, 1.54) is 18.3 Å². The molecule has 106 valence electrons. The van der Waals surface area contributed by atoms with Gasteiger partial charge in [0.05, 0.1) is 5.69 Å². The minimum atomic E-state index is -1.08. The maximum absolute atomic E-state index is 12.0. The molecule has 2 rings (SSSR count). The first-order valence-electron chi connectivity index (χ1n) is 5.96. The molecule has 6 nitrogen and oxygen atoms in total. The summed E-state index contributed by atoms with van der Waals surface area (Å²) in [6.07, 6.45) is 0. The molecule has 1 atom stereocenters. The molecule has 0 bridgehead atoms. The van der Waals surface area contributed by atoms with Crippen molar-refractivity contribution in [2.24, 2.45) is 0 Å². The standard InChI is InChI=1S/C13H14N2O4S/c1-6-4-5-9(19-6)12-15-7(2)10(20-12)11(16)14-8(3)13(17)18/h4-5,8H,1-3H3,(H,14,16)(H,17,18)/t8-/m1/s1. The number of carbonyl (C=O) groups excluding carboxylic acids is 1. The van der Waals surface area contributed by atoms with E-state index < -0.39 is 17.9 Å². The van der Waals surface area contributed by atoms with Crippen LogP contribution in [0.15, 0.2) is 16.5 Å². The summed E-state index contributed by atoms with van der Waals surface area (Å²) in [5.74, 6) is -0.161. The summed E-state index contributed by atoms with van der Waals surface area (Å²) < 4.78 is 5.46. The largest absolute Gasteiger partial charge is 0.480 e. The topological polar surface area (TPSA) is 92.4 Å². The van der Waals surface area contributed by atoms with Gasteiger partial charge in [0.2, 0.25) is 0 Å². The molecule has 0 fully saturated rings. The third-order valence-electron chi connectivity index (χ3n) is 2.67. The normalized spacial score (nSPS) is 12.2. The van der Waals surface area contributed by atoms with Gasteiger partial charge in [-0.2, -0.15) is 0 Å². The summed E-state index contributed by atoms with van der Waals surface area (Å²) in [6, 6.07) is 2.66. The number of carbonyl (C=O) groups is 2. The van der Waals surface area contributed by atoms with Crippen LogP contribution >= 0.6 is 11.3 Å². The number of nitrogens with one attached hydrogen (secondary N) is 1. The molecule has 20 heavy (non-hydrogen) atoms. The number of hydrogen-bond donors (Lipinski definition) is 2. The smallest absolute Gasteiger partial charge is 0.325 e. The predicted octanol–water partition coefficient (Wildman–Crippen LogP) is 2.22. The molecule has 0 saturated carbocycles. The van der Waals surface area contributed by atoms with Gasteiger partial charge in [0.25, 0.3) is 5.91 Å². The van der Waals surface area contributed by atoms with E-state index in [0.29, 0.717) is 21.3 Å². The minimum absolute atomic E-state index is 0.391. The third-order valence-corrected chi connectivity index (χ3v) is 3.84. The average Bonchev–Trinajstić information content (AvgIpc) is 2.95. The van der Waals surface area contributed by atoms with Gasteiger partial charge in [-0.15, -0.1) is 11.3 Å². The Bertz CT molecular complexity index is 659. The van der Waals surface area contributed by atoms with Crippen LogP contribution in [-0.2, 0) is 4.79 Å². The Labute approximate surface area is 119 Å². The quantitative estimate of drug-likeness (QED) is 0.902. The molecule has 0 saturated heterocycles. The van der Waals surface area contributed by atoms with Gasteiger partial charge < -0.3 is 14.8 Å². The monoisotopic (exact) mass is 294 g/mol. The molecular weight excluding hydrogens is 280 g/mol. The van der Waals surface area contributed by atoms with Crippen LogP contribution in [0.4, 0.5) is 0 Å². The maximum atomic E-state index is 12.0. The summed E-state index contributed by atoms with van der Waals surface area (Å²) in [5.41, 5.74) is 0.550. The maximum Gasteiger partial charge on any atom is 0.325 e. The number of aliphatic carboxylic acids is 1. The van der Waals surface area contributed by atoms with E-state index >= 15 is 0 Å². The van der Waals surface area contributed by atoms with Gasteiger partial charge in [-0.3, -0.25) is 9.59 Å². The summed E-state index contributed by atoms with van der Waals surface area (Å²) in [4.78, 5) is 27.4. The molecule has 2 aromatic rings. The van der Waals surface area contributed by atoms with Crippen LogP contribution in [0.5, 0.6) is 0 Å². The van der Waals surface area contributed by atoms with Gasteiger partial charge in [0.1, 0.15) is 16.7 Å². The Kier molecular flexibility index (Phi) is 3.89.